The van der Waals surface area contributed by atoms with E-state index >= 15 is 0 Å². The number of ether oxygens (including phenoxy) is 3. The molecule has 5 nitrogen and oxygen atoms in total. The van der Waals surface area contributed by atoms with Gasteiger partial charge in [-0.05, 0) is 33.7 Å². The molecule has 0 atom stereocenters. The number of aromatic nitrogens is 2. The van der Waals surface area contributed by atoms with Gasteiger partial charge in [0.05, 0.1) is 6.61 Å². The molecule has 0 aliphatic heterocycles. The van der Waals surface area contributed by atoms with Gasteiger partial charge in [0, 0.05) is 20.3 Å². The second-order valence-electron chi connectivity index (χ2n) is 2.63. The highest BCUT2D eigenvalue weighted by Crippen LogP contribution is 2.21. The van der Waals surface area contributed by atoms with Gasteiger partial charge in [-0.2, -0.15) is 0 Å². The standard InChI is InChI=1S/C8H13BrN2O3S/c1-12-3-2-4-13-5-6-14-8-11-10-7(9)15-8/h2-6H2,1H3. The lowest BCUT2D eigenvalue weighted by Gasteiger charge is -2.03. The minimum atomic E-state index is 0.495. The van der Waals surface area contributed by atoms with Gasteiger partial charge in [0.25, 0.3) is 5.19 Å². The Bertz CT molecular complexity index is 272. The third-order valence-electron chi connectivity index (χ3n) is 1.47. The van der Waals surface area contributed by atoms with Gasteiger partial charge in [0.15, 0.2) is 3.92 Å². The summed E-state index contributed by atoms with van der Waals surface area (Å²) in [6, 6.07) is 0. The third-order valence-corrected chi connectivity index (χ3v) is 2.74. The first-order valence-electron chi connectivity index (χ1n) is 4.51. The van der Waals surface area contributed by atoms with Crippen LogP contribution in [0.2, 0.25) is 0 Å². The monoisotopic (exact) mass is 296 g/mol. The Morgan fingerprint density at radius 1 is 1.20 bits per heavy atom. The predicted molar refractivity (Wildman–Crippen MR) is 60.4 cm³/mol. The number of hydrogen-bond donors (Lipinski definition) is 0. The first-order valence-corrected chi connectivity index (χ1v) is 6.12. The second kappa shape index (κ2) is 7.98. The minimum Gasteiger partial charge on any atom is -0.466 e. The van der Waals surface area contributed by atoms with Crippen molar-refractivity contribution in [1.82, 2.24) is 10.2 Å². The van der Waals surface area contributed by atoms with E-state index in [9.17, 15) is 0 Å². The number of nitrogens with zero attached hydrogens (tertiary/aromatic N) is 2. The number of rotatable bonds is 8. The van der Waals surface area contributed by atoms with E-state index in [1.165, 1.54) is 11.3 Å². The zero-order chi connectivity index (χ0) is 10.9. The summed E-state index contributed by atoms with van der Waals surface area (Å²) in [5, 5.41) is 8.10. The van der Waals surface area contributed by atoms with E-state index in [0.717, 1.165) is 16.9 Å². The second-order valence-corrected chi connectivity index (χ2v) is 4.84. The molecule has 7 heteroatoms. The van der Waals surface area contributed by atoms with Gasteiger partial charge in [-0.1, -0.05) is 5.10 Å². The highest BCUT2D eigenvalue weighted by molar-refractivity contribution is 9.11. The minimum absolute atomic E-state index is 0.495. The first kappa shape index (κ1) is 12.8. The molecule has 0 aliphatic carbocycles. The van der Waals surface area contributed by atoms with Gasteiger partial charge >= 0.3 is 0 Å². The van der Waals surface area contributed by atoms with Crippen molar-refractivity contribution in [3.8, 4) is 5.19 Å². The highest BCUT2D eigenvalue weighted by Gasteiger charge is 2.01. The Kier molecular flexibility index (Phi) is 6.82. The van der Waals surface area contributed by atoms with Crippen LogP contribution in [0.4, 0.5) is 0 Å². The summed E-state index contributed by atoms with van der Waals surface area (Å²) < 4.78 is 16.2. The van der Waals surface area contributed by atoms with Crippen molar-refractivity contribution in [3.05, 3.63) is 3.92 Å². The Balaban J connectivity index is 1.93. The third kappa shape index (κ3) is 6.03. The molecule has 0 radical (unpaired) electrons. The van der Waals surface area contributed by atoms with E-state index in [1.807, 2.05) is 0 Å². The number of halogens is 1. The van der Waals surface area contributed by atoms with E-state index in [4.69, 9.17) is 14.2 Å². The normalized spacial score (nSPS) is 10.5. The number of hydrogen-bond acceptors (Lipinski definition) is 6. The van der Waals surface area contributed by atoms with Crippen LogP contribution in [0, 0.1) is 0 Å². The van der Waals surface area contributed by atoms with Crippen molar-refractivity contribution in [1.29, 1.82) is 0 Å². The molecule has 1 aromatic rings. The van der Waals surface area contributed by atoms with Crippen molar-refractivity contribution in [2.45, 2.75) is 6.42 Å². The summed E-state index contributed by atoms with van der Waals surface area (Å²) >= 11 is 4.56. The maximum atomic E-state index is 5.30. The summed E-state index contributed by atoms with van der Waals surface area (Å²) in [5.41, 5.74) is 0. The van der Waals surface area contributed by atoms with Gasteiger partial charge in [-0.15, -0.1) is 5.10 Å². The van der Waals surface area contributed by atoms with Crippen LogP contribution in [-0.2, 0) is 9.47 Å². The molecule has 0 fully saturated rings. The van der Waals surface area contributed by atoms with E-state index in [-0.39, 0.29) is 0 Å². The lowest BCUT2D eigenvalue weighted by atomic mass is 10.5. The predicted octanol–water partition coefficient (Wildman–Crippen LogP) is 1.73. The van der Waals surface area contributed by atoms with Crippen LogP contribution in [0.1, 0.15) is 6.42 Å². The van der Waals surface area contributed by atoms with Gasteiger partial charge < -0.3 is 14.2 Å². The van der Waals surface area contributed by atoms with Crippen LogP contribution in [0.15, 0.2) is 3.92 Å². The van der Waals surface area contributed by atoms with Gasteiger partial charge in [-0.3, -0.25) is 0 Å². The van der Waals surface area contributed by atoms with Crippen LogP contribution in [0.25, 0.3) is 0 Å². The molecule has 1 aromatic heterocycles. The largest absolute Gasteiger partial charge is 0.466 e. The van der Waals surface area contributed by atoms with E-state index < -0.39 is 0 Å². The van der Waals surface area contributed by atoms with Crippen LogP contribution >= 0.6 is 27.3 Å². The van der Waals surface area contributed by atoms with Crippen molar-refractivity contribution in [2.24, 2.45) is 0 Å². The van der Waals surface area contributed by atoms with Crippen LogP contribution < -0.4 is 4.74 Å². The molecular formula is C8H13BrN2O3S. The van der Waals surface area contributed by atoms with Crippen LogP contribution in [-0.4, -0.2) is 43.7 Å². The van der Waals surface area contributed by atoms with E-state index in [1.54, 1.807) is 7.11 Å². The van der Waals surface area contributed by atoms with Gasteiger partial charge in [-0.25, -0.2) is 0 Å². The van der Waals surface area contributed by atoms with E-state index in [2.05, 4.69) is 26.1 Å². The van der Waals surface area contributed by atoms with Crippen LogP contribution in [0.3, 0.4) is 0 Å². The molecule has 0 N–H and O–H groups in total. The molecule has 0 spiro atoms. The molecule has 15 heavy (non-hydrogen) atoms. The molecule has 0 unspecified atom stereocenters. The summed E-state index contributed by atoms with van der Waals surface area (Å²) in [5.74, 6) is 0. The maximum absolute atomic E-state index is 5.30. The molecule has 0 saturated heterocycles. The fourth-order valence-corrected chi connectivity index (χ4v) is 1.79. The average molecular weight is 297 g/mol. The summed E-state index contributed by atoms with van der Waals surface area (Å²) in [6.07, 6.45) is 0.904. The Morgan fingerprint density at radius 2 is 2.07 bits per heavy atom. The fraction of sp³-hybridized carbons (Fsp3) is 0.750. The van der Waals surface area contributed by atoms with Crippen molar-refractivity contribution in [3.63, 3.8) is 0 Å². The molecule has 1 rings (SSSR count). The summed E-state index contributed by atoms with van der Waals surface area (Å²) in [6.45, 7) is 2.47. The van der Waals surface area contributed by atoms with E-state index in [0.29, 0.717) is 25.0 Å². The molecule has 0 bridgehead atoms. The maximum Gasteiger partial charge on any atom is 0.294 e. The smallest absolute Gasteiger partial charge is 0.294 e. The zero-order valence-corrected chi connectivity index (χ0v) is 10.8. The SMILES string of the molecule is COCCCOCCOc1nnc(Br)s1. The molecule has 0 aromatic carbocycles. The Morgan fingerprint density at radius 3 is 2.73 bits per heavy atom. The number of methoxy groups -OCH3 is 1. The molecular weight excluding hydrogens is 284 g/mol. The van der Waals surface area contributed by atoms with Crippen molar-refractivity contribution < 1.29 is 14.2 Å². The fourth-order valence-electron chi connectivity index (χ4n) is 0.847. The quantitative estimate of drug-likeness (QED) is 0.684. The topological polar surface area (TPSA) is 53.5 Å². The lowest BCUT2D eigenvalue weighted by molar-refractivity contribution is 0.0804. The van der Waals surface area contributed by atoms with Crippen molar-refractivity contribution in [2.75, 3.05) is 33.5 Å². The molecule has 0 aliphatic rings. The molecule has 86 valence electrons. The average Bonchev–Trinajstić information content (AvgIpc) is 2.63. The Hall–Kier alpha value is -0.240. The van der Waals surface area contributed by atoms with Crippen LogP contribution in [0.5, 0.6) is 5.19 Å². The molecule has 0 saturated carbocycles. The van der Waals surface area contributed by atoms with Gasteiger partial charge in [0.2, 0.25) is 0 Å². The van der Waals surface area contributed by atoms with Crippen molar-refractivity contribution >= 4 is 27.3 Å². The highest BCUT2D eigenvalue weighted by atomic mass is 79.9. The molecule has 0 amide bonds. The van der Waals surface area contributed by atoms with Gasteiger partial charge in [0.1, 0.15) is 6.61 Å². The summed E-state index contributed by atoms with van der Waals surface area (Å²) in [4.78, 5) is 0. The summed E-state index contributed by atoms with van der Waals surface area (Å²) in [7, 11) is 1.68. The Labute approximate surface area is 101 Å². The zero-order valence-electron chi connectivity index (χ0n) is 8.44. The lowest BCUT2D eigenvalue weighted by Crippen LogP contribution is -2.08. The molecule has 1 heterocycles. The first-order chi connectivity index (χ1) is 7.33.